The van der Waals surface area contributed by atoms with Crippen molar-refractivity contribution in [3.05, 3.63) is 58.6 Å². The molecule has 0 aliphatic heterocycles. The molecule has 0 aliphatic carbocycles. The summed E-state index contributed by atoms with van der Waals surface area (Å²) in [6.45, 7) is 3.35. The van der Waals surface area contributed by atoms with E-state index in [-0.39, 0.29) is 5.56 Å². The fourth-order valence-corrected chi connectivity index (χ4v) is 2.30. The number of hydrogen-bond acceptors (Lipinski definition) is 3. The van der Waals surface area contributed by atoms with Crippen molar-refractivity contribution in [2.24, 2.45) is 5.73 Å². The largest absolute Gasteiger partial charge is 0.479 e. The second-order valence-corrected chi connectivity index (χ2v) is 5.45. The molecule has 3 N–H and O–H groups in total. The van der Waals surface area contributed by atoms with E-state index in [1.165, 1.54) is 0 Å². The average Bonchev–Trinajstić information content (AvgIpc) is 2.49. The van der Waals surface area contributed by atoms with E-state index in [4.69, 9.17) is 22.1 Å². The predicted molar refractivity (Wildman–Crippen MR) is 89.9 cm³/mol. The van der Waals surface area contributed by atoms with Crippen LogP contribution >= 0.6 is 11.6 Å². The minimum atomic E-state index is -0.795. The third-order valence-electron chi connectivity index (χ3n) is 3.29. The Morgan fingerprint density at radius 2 is 1.87 bits per heavy atom. The van der Waals surface area contributed by atoms with Gasteiger partial charge in [-0.2, -0.15) is 0 Å². The third-order valence-corrected chi connectivity index (χ3v) is 3.60. The summed E-state index contributed by atoms with van der Waals surface area (Å²) < 4.78 is 5.55. The minimum absolute atomic E-state index is 0.283. The summed E-state index contributed by atoms with van der Waals surface area (Å²) in [5, 5.41) is 3.08. The monoisotopic (exact) mass is 332 g/mol. The second-order valence-electron chi connectivity index (χ2n) is 5.04. The van der Waals surface area contributed by atoms with Crippen molar-refractivity contribution in [1.29, 1.82) is 0 Å². The first kappa shape index (κ1) is 16.8. The van der Waals surface area contributed by atoms with Crippen molar-refractivity contribution < 1.29 is 14.3 Å². The second kappa shape index (κ2) is 7.15. The standard InChI is InChI=1S/C17H17ClN2O3/c1-10-6-5-8-13(15(10)16(19)21)20-17(22)11(2)23-14-9-4-3-7-12(14)18/h3-9,11H,1-2H3,(H2,19,21)(H,20,22). The van der Waals surface area contributed by atoms with Gasteiger partial charge in [0, 0.05) is 0 Å². The molecule has 2 rings (SSSR count). The minimum Gasteiger partial charge on any atom is -0.479 e. The van der Waals surface area contributed by atoms with Crippen LogP contribution in [0.2, 0.25) is 5.02 Å². The molecule has 0 bridgehead atoms. The Labute approximate surface area is 139 Å². The molecule has 0 saturated heterocycles. The fourth-order valence-electron chi connectivity index (χ4n) is 2.12. The Hall–Kier alpha value is -2.53. The van der Waals surface area contributed by atoms with Gasteiger partial charge in [0.2, 0.25) is 0 Å². The third kappa shape index (κ3) is 4.02. The van der Waals surface area contributed by atoms with Crippen molar-refractivity contribution in [3.8, 4) is 5.75 Å². The lowest BCUT2D eigenvalue weighted by molar-refractivity contribution is -0.122. The molecule has 0 radical (unpaired) electrons. The molecule has 6 heteroatoms. The number of nitrogens with two attached hydrogens (primary N) is 1. The summed E-state index contributed by atoms with van der Waals surface area (Å²) in [4.78, 5) is 23.8. The lowest BCUT2D eigenvalue weighted by atomic mass is 10.1. The molecule has 0 fully saturated rings. The first-order valence-electron chi connectivity index (χ1n) is 7.01. The van der Waals surface area contributed by atoms with E-state index in [1.54, 1.807) is 56.3 Å². The van der Waals surface area contributed by atoms with Crippen molar-refractivity contribution in [3.63, 3.8) is 0 Å². The molecule has 2 amide bonds. The highest BCUT2D eigenvalue weighted by molar-refractivity contribution is 6.32. The van der Waals surface area contributed by atoms with Gasteiger partial charge in [-0.25, -0.2) is 0 Å². The average molecular weight is 333 g/mol. The maximum Gasteiger partial charge on any atom is 0.265 e. The smallest absolute Gasteiger partial charge is 0.265 e. The summed E-state index contributed by atoms with van der Waals surface area (Å²) in [7, 11) is 0. The molecule has 120 valence electrons. The Morgan fingerprint density at radius 1 is 1.17 bits per heavy atom. The number of hydrogen-bond donors (Lipinski definition) is 2. The molecule has 0 aliphatic rings. The van der Waals surface area contributed by atoms with Gasteiger partial charge in [0.25, 0.3) is 11.8 Å². The fraction of sp³-hybridized carbons (Fsp3) is 0.176. The zero-order valence-corrected chi connectivity index (χ0v) is 13.6. The van der Waals surface area contributed by atoms with Crippen LogP contribution in [-0.2, 0) is 4.79 Å². The summed E-state index contributed by atoms with van der Waals surface area (Å²) in [5.41, 5.74) is 6.70. The first-order valence-corrected chi connectivity index (χ1v) is 7.39. The number of amides is 2. The number of benzene rings is 2. The lowest BCUT2D eigenvalue weighted by Gasteiger charge is -2.17. The molecule has 2 aromatic carbocycles. The van der Waals surface area contributed by atoms with E-state index >= 15 is 0 Å². The number of anilines is 1. The van der Waals surface area contributed by atoms with E-state index < -0.39 is 17.9 Å². The van der Waals surface area contributed by atoms with Gasteiger partial charge in [-0.1, -0.05) is 35.9 Å². The molecular weight excluding hydrogens is 316 g/mol. The number of carbonyl (C=O) groups is 2. The van der Waals surface area contributed by atoms with Gasteiger partial charge in [0.05, 0.1) is 16.3 Å². The Morgan fingerprint density at radius 3 is 2.52 bits per heavy atom. The van der Waals surface area contributed by atoms with Gasteiger partial charge in [-0.05, 0) is 37.6 Å². The van der Waals surface area contributed by atoms with Crippen molar-refractivity contribution in [2.45, 2.75) is 20.0 Å². The first-order chi connectivity index (χ1) is 10.9. The van der Waals surface area contributed by atoms with E-state index in [9.17, 15) is 9.59 Å². The highest BCUT2D eigenvalue weighted by atomic mass is 35.5. The van der Waals surface area contributed by atoms with Gasteiger partial charge in [0.15, 0.2) is 6.10 Å². The summed E-state index contributed by atoms with van der Waals surface area (Å²) in [6, 6.07) is 12.0. The van der Waals surface area contributed by atoms with E-state index in [0.717, 1.165) is 0 Å². The van der Waals surface area contributed by atoms with Crippen LogP contribution in [0.5, 0.6) is 5.75 Å². The maximum absolute atomic E-state index is 12.3. The Kier molecular flexibility index (Phi) is 5.24. The topological polar surface area (TPSA) is 81.4 Å². The molecule has 0 saturated carbocycles. The normalized spacial score (nSPS) is 11.6. The van der Waals surface area contributed by atoms with Crippen LogP contribution in [0.4, 0.5) is 5.69 Å². The van der Waals surface area contributed by atoms with Crippen molar-refractivity contribution >= 4 is 29.1 Å². The number of halogens is 1. The number of nitrogens with one attached hydrogen (secondary N) is 1. The molecule has 2 aromatic rings. The van der Waals surface area contributed by atoms with Gasteiger partial charge < -0.3 is 15.8 Å². The SMILES string of the molecule is Cc1cccc(NC(=O)C(C)Oc2ccccc2Cl)c1C(N)=O. The van der Waals surface area contributed by atoms with Crippen molar-refractivity contribution in [1.82, 2.24) is 0 Å². The van der Waals surface area contributed by atoms with E-state index in [2.05, 4.69) is 5.32 Å². The Balaban J connectivity index is 2.15. The van der Waals surface area contributed by atoms with Crippen LogP contribution in [0.1, 0.15) is 22.8 Å². The van der Waals surface area contributed by atoms with Crippen molar-refractivity contribution in [2.75, 3.05) is 5.32 Å². The molecule has 0 heterocycles. The van der Waals surface area contributed by atoms with Gasteiger partial charge in [-0.3, -0.25) is 9.59 Å². The summed E-state index contributed by atoms with van der Waals surface area (Å²) >= 11 is 6.00. The highest BCUT2D eigenvalue weighted by Gasteiger charge is 2.19. The molecule has 5 nitrogen and oxygen atoms in total. The highest BCUT2D eigenvalue weighted by Crippen LogP contribution is 2.25. The van der Waals surface area contributed by atoms with Crippen LogP contribution in [0.3, 0.4) is 0 Å². The number of ether oxygens (including phenoxy) is 1. The molecule has 1 unspecified atom stereocenters. The van der Waals surface area contributed by atoms with E-state index in [0.29, 0.717) is 22.0 Å². The summed E-state index contributed by atoms with van der Waals surface area (Å²) in [6.07, 6.45) is -0.795. The molecule has 0 spiro atoms. The Bertz CT molecular complexity index is 746. The zero-order valence-electron chi connectivity index (χ0n) is 12.8. The van der Waals surface area contributed by atoms with Gasteiger partial charge in [-0.15, -0.1) is 0 Å². The van der Waals surface area contributed by atoms with Crippen LogP contribution in [0, 0.1) is 6.92 Å². The molecule has 23 heavy (non-hydrogen) atoms. The predicted octanol–water partition coefficient (Wildman–Crippen LogP) is 3.15. The maximum atomic E-state index is 12.3. The van der Waals surface area contributed by atoms with Gasteiger partial charge in [0.1, 0.15) is 5.75 Å². The van der Waals surface area contributed by atoms with Crippen LogP contribution in [-0.4, -0.2) is 17.9 Å². The number of primary amides is 1. The lowest BCUT2D eigenvalue weighted by Crippen LogP contribution is -2.31. The van der Waals surface area contributed by atoms with Crippen LogP contribution < -0.4 is 15.8 Å². The number of para-hydroxylation sites is 1. The molecule has 0 aromatic heterocycles. The number of aryl methyl sites for hydroxylation is 1. The quantitative estimate of drug-likeness (QED) is 0.882. The van der Waals surface area contributed by atoms with E-state index in [1.807, 2.05) is 0 Å². The number of rotatable bonds is 5. The van der Waals surface area contributed by atoms with Crippen LogP contribution in [0.25, 0.3) is 0 Å². The van der Waals surface area contributed by atoms with Crippen LogP contribution in [0.15, 0.2) is 42.5 Å². The van der Waals surface area contributed by atoms with Gasteiger partial charge >= 0.3 is 0 Å². The zero-order chi connectivity index (χ0) is 17.0. The molecule has 1 atom stereocenters. The molecular formula is C17H17ClN2O3. The summed E-state index contributed by atoms with van der Waals surface area (Å²) in [5.74, 6) is -0.590. The number of carbonyl (C=O) groups excluding carboxylic acids is 2.